The first kappa shape index (κ1) is 19.8. The fourth-order valence-corrected chi connectivity index (χ4v) is 5.06. The van der Waals surface area contributed by atoms with Crippen LogP contribution in [0.4, 0.5) is 0 Å². The Kier molecular flexibility index (Phi) is 6.28. The van der Waals surface area contributed by atoms with E-state index in [4.69, 9.17) is 34.8 Å². The lowest BCUT2D eigenvalue weighted by atomic mass is 10.2. The van der Waals surface area contributed by atoms with Crippen LogP contribution in [0, 0.1) is 0 Å². The van der Waals surface area contributed by atoms with Crippen LogP contribution < -0.4 is 0 Å². The molecule has 2 aromatic heterocycles. The van der Waals surface area contributed by atoms with Gasteiger partial charge in [0.15, 0.2) is 5.16 Å². The average molecular weight is 467 g/mol. The van der Waals surface area contributed by atoms with Crippen LogP contribution in [0.5, 0.6) is 0 Å². The molecular weight excluding hydrogens is 453 g/mol. The van der Waals surface area contributed by atoms with E-state index in [1.54, 1.807) is 29.2 Å². The van der Waals surface area contributed by atoms with E-state index in [2.05, 4.69) is 26.2 Å². The van der Waals surface area contributed by atoms with Gasteiger partial charge >= 0.3 is 0 Å². The van der Waals surface area contributed by atoms with Gasteiger partial charge in [0.2, 0.25) is 0 Å². The smallest absolute Gasteiger partial charge is 0.196 e. The van der Waals surface area contributed by atoms with Crippen LogP contribution in [0.25, 0.3) is 5.69 Å². The molecule has 2 aromatic carbocycles. The summed E-state index contributed by atoms with van der Waals surface area (Å²) in [7, 11) is 0. The van der Waals surface area contributed by atoms with Gasteiger partial charge in [-0.1, -0.05) is 58.7 Å². The van der Waals surface area contributed by atoms with Gasteiger partial charge in [-0.25, -0.2) is 0 Å². The zero-order valence-corrected chi connectivity index (χ0v) is 18.4. The Morgan fingerprint density at radius 2 is 1.71 bits per heavy atom. The number of hydrogen-bond acceptors (Lipinski definition) is 4. The predicted octanol–water partition coefficient (Wildman–Crippen LogP) is 7.17. The Hall–Kier alpha value is -1.50. The molecule has 3 nitrogen and oxygen atoms in total. The van der Waals surface area contributed by atoms with Crippen molar-refractivity contribution in [3.63, 3.8) is 0 Å². The predicted molar refractivity (Wildman–Crippen MR) is 120 cm³/mol. The van der Waals surface area contributed by atoms with E-state index >= 15 is 0 Å². The fourth-order valence-electron chi connectivity index (χ4n) is 2.71. The van der Waals surface area contributed by atoms with Crippen molar-refractivity contribution in [2.45, 2.75) is 17.3 Å². The Morgan fingerprint density at radius 1 is 0.929 bits per heavy atom. The van der Waals surface area contributed by atoms with Gasteiger partial charge in [0.1, 0.15) is 5.82 Å². The van der Waals surface area contributed by atoms with Crippen molar-refractivity contribution >= 4 is 57.9 Å². The third-order valence-electron chi connectivity index (χ3n) is 4.07. The maximum absolute atomic E-state index is 6.32. The number of aromatic nitrogens is 3. The van der Waals surface area contributed by atoms with Gasteiger partial charge in [-0.05, 0) is 53.4 Å². The largest absolute Gasteiger partial charge is 0.274 e. The Bertz CT molecular complexity index is 1080. The summed E-state index contributed by atoms with van der Waals surface area (Å²) >= 11 is 21.7. The Balaban J connectivity index is 1.66. The minimum Gasteiger partial charge on any atom is -0.274 e. The van der Waals surface area contributed by atoms with Crippen LogP contribution >= 0.6 is 57.9 Å². The zero-order valence-electron chi connectivity index (χ0n) is 14.5. The second kappa shape index (κ2) is 8.89. The van der Waals surface area contributed by atoms with Crippen LogP contribution in [-0.4, -0.2) is 14.8 Å². The van der Waals surface area contributed by atoms with Crippen LogP contribution in [0.1, 0.15) is 16.3 Å². The molecule has 0 aliphatic heterocycles. The molecule has 0 radical (unpaired) electrons. The topological polar surface area (TPSA) is 30.7 Å². The minimum atomic E-state index is 0.626. The first-order chi connectivity index (χ1) is 13.6. The third-order valence-corrected chi connectivity index (χ3v) is 6.76. The highest BCUT2D eigenvalue weighted by Crippen LogP contribution is 2.30. The quantitative estimate of drug-likeness (QED) is 0.282. The standard InChI is InChI=1S/C20H14Cl3N3S2/c21-14-5-7-16(8-6-14)26-19(11-17-2-1-9-27-17)24-25-20(26)28-12-13-3-4-15(22)10-18(13)23/h1-10H,11-12H2. The molecule has 0 bridgehead atoms. The number of hydrogen-bond donors (Lipinski definition) is 0. The number of thioether (sulfide) groups is 1. The lowest BCUT2D eigenvalue weighted by Crippen LogP contribution is -2.03. The average Bonchev–Trinajstić information content (AvgIpc) is 3.32. The summed E-state index contributed by atoms with van der Waals surface area (Å²) in [6, 6.07) is 17.4. The third kappa shape index (κ3) is 4.56. The molecule has 0 amide bonds. The molecule has 142 valence electrons. The summed E-state index contributed by atoms with van der Waals surface area (Å²) in [5, 5.41) is 13.7. The SMILES string of the molecule is Clc1ccc(-n2c(Cc3cccs3)nnc2SCc2ccc(Cl)cc2Cl)cc1. The van der Waals surface area contributed by atoms with Gasteiger partial charge in [-0.15, -0.1) is 21.5 Å². The molecule has 0 saturated carbocycles. The second-order valence-electron chi connectivity index (χ2n) is 5.99. The van der Waals surface area contributed by atoms with Crippen LogP contribution in [0.2, 0.25) is 15.1 Å². The van der Waals surface area contributed by atoms with Crippen molar-refractivity contribution in [2.24, 2.45) is 0 Å². The number of benzene rings is 2. The molecular formula is C20H14Cl3N3S2. The second-order valence-corrected chi connectivity index (χ2v) is 9.25. The first-order valence-electron chi connectivity index (χ1n) is 8.39. The summed E-state index contributed by atoms with van der Waals surface area (Å²) in [5.41, 5.74) is 1.98. The number of thiophene rings is 1. The van der Waals surface area contributed by atoms with E-state index in [9.17, 15) is 0 Å². The summed E-state index contributed by atoms with van der Waals surface area (Å²) in [4.78, 5) is 1.24. The zero-order chi connectivity index (χ0) is 19.5. The lowest BCUT2D eigenvalue weighted by Gasteiger charge is -2.10. The number of nitrogens with zero attached hydrogens (tertiary/aromatic N) is 3. The Labute approximate surface area is 186 Å². The maximum Gasteiger partial charge on any atom is 0.196 e. The molecule has 4 aromatic rings. The van der Waals surface area contributed by atoms with E-state index in [1.165, 1.54) is 4.88 Å². The molecule has 28 heavy (non-hydrogen) atoms. The molecule has 0 aliphatic rings. The highest BCUT2D eigenvalue weighted by atomic mass is 35.5. The molecule has 4 rings (SSSR count). The van der Waals surface area contributed by atoms with Gasteiger partial charge < -0.3 is 0 Å². The van der Waals surface area contributed by atoms with Gasteiger partial charge in [-0.3, -0.25) is 4.57 Å². The van der Waals surface area contributed by atoms with Gasteiger partial charge in [-0.2, -0.15) is 0 Å². The molecule has 0 N–H and O–H groups in total. The lowest BCUT2D eigenvalue weighted by molar-refractivity contribution is 0.851. The highest BCUT2D eigenvalue weighted by Gasteiger charge is 2.16. The summed E-state index contributed by atoms with van der Waals surface area (Å²) in [6.45, 7) is 0. The molecule has 0 atom stereocenters. The Morgan fingerprint density at radius 3 is 2.43 bits per heavy atom. The molecule has 0 unspecified atom stereocenters. The fraction of sp³-hybridized carbons (Fsp3) is 0.100. The molecule has 0 fully saturated rings. The van der Waals surface area contributed by atoms with E-state index in [-0.39, 0.29) is 0 Å². The van der Waals surface area contributed by atoms with Crippen molar-refractivity contribution in [3.8, 4) is 5.69 Å². The van der Waals surface area contributed by atoms with Gasteiger partial charge in [0, 0.05) is 37.8 Å². The van der Waals surface area contributed by atoms with Crippen molar-refractivity contribution in [1.82, 2.24) is 14.8 Å². The normalized spacial score (nSPS) is 11.1. The van der Waals surface area contributed by atoms with Crippen molar-refractivity contribution < 1.29 is 0 Å². The van der Waals surface area contributed by atoms with E-state index in [0.29, 0.717) is 20.8 Å². The summed E-state index contributed by atoms with van der Waals surface area (Å²) < 4.78 is 2.07. The molecule has 0 aliphatic carbocycles. The monoisotopic (exact) mass is 465 g/mol. The van der Waals surface area contributed by atoms with Crippen LogP contribution in [0.15, 0.2) is 65.1 Å². The van der Waals surface area contributed by atoms with Crippen molar-refractivity contribution in [2.75, 3.05) is 0 Å². The van der Waals surface area contributed by atoms with Gasteiger partial charge in [0.05, 0.1) is 0 Å². The van der Waals surface area contributed by atoms with E-state index < -0.39 is 0 Å². The van der Waals surface area contributed by atoms with Crippen molar-refractivity contribution in [3.05, 3.63) is 91.3 Å². The van der Waals surface area contributed by atoms with Crippen LogP contribution in [-0.2, 0) is 12.2 Å². The first-order valence-corrected chi connectivity index (χ1v) is 11.4. The number of halogens is 3. The number of rotatable bonds is 6. The molecule has 8 heteroatoms. The minimum absolute atomic E-state index is 0.626. The highest BCUT2D eigenvalue weighted by molar-refractivity contribution is 7.98. The van der Waals surface area contributed by atoms with Crippen LogP contribution in [0.3, 0.4) is 0 Å². The molecule has 2 heterocycles. The summed E-state index contributed by atoms with van der Waals surface area (Å²) in [6.07, 6.45) is 0.718. The molecule has 0 spiro atoms. The van der Waals surface area contributed by atoms with E-state index in [1.807, 2.05) is 42.5 Å². The van der Waals surface area contributed by atoms with Crippen molar-refractivity contribution in [1.29, 1.82) is 0 Å². The molecule has 0 saturated heterocycles. The van der Waals surface area contributed by atoms with Gasteiger partial charge in [0.25, 0.3) is 0 Å². The van der Waals surface area contributed by atoms with E-state index in [0.717, 1.165) is 28.7 Å². The maximum atomic E-state index is 6.32. The summed E-state index contributed by atoms with van der Waals surface area (Å²) in [5.74, 6) is 1.55.